The molecule has 0 spiro atoms. The Morgan fingerprint density at radius 2 is 2.37 bits per heavy atom. The van der Waals surface area contributed by atoms with Gasteiger partial charge in [0, 0.05) is 12.6 Å². The van der Waals surface area contributed by atoms with Gasteiger partial charge < -0.3 is 19.7 Å². The first-order chi connectivity index (χ1) is 9.22. The molecule has 3 heterocycles. The highest BCUT2D eigenvalue weighted by molar-refractivity contribution is 5.79. The number of nitrogens with zero attached hydrogens (tertiary/aromatic N) is 4. The summed E-state index contributed by atoms with van der Waals surface area (Å²) in [6.45, 7) is -0.221. The first kappa shape index (κ1) is 12.3. The molecule has 1 saturated heterocycles. The third-order valence-corrected chi connectivity index (χ3v) is 3.17. The summed E-state index contributed by atoms with van der Waals surface area (Å²) >= 11 is 0. The molecule has 8 nitrogen and oxygen atoms in total. The molecule has 19 heavy (non-hydrogen) atoms. The van der Waals surface area contributed by atoms with Crippen LogP contribution in [-0.2, 0) is 4.74 Å². The number of hydrogen-bond donors (Lipinski definition) is 2. The molecule has 3 rings (SSSR count). The molecule has 1 fully saturated rings. The van der Waals surface area contributed by atoms with Gasteiger partial charge >= 0.3 is 0 Å². The molecule has 102 valence electrons. The Morgan fingerprint density at radius 3 is 3.05 bits per heavy atom. The fraction of sp³-hybridized carbons (Fsp3) is 0.545. The van der Waals surface area contributed by atoms with E-state index in [0.29, 0.717) is 23.3 Å². The highest BCUT2D eigenvalue weighted by atomic mass is 16.5. The van der Waals surface area contributed by atoms with Gasteiger partial charge in [-0.3, -0.25) is 0 Å². The van der Waals surface area contributed by atoms with Crippen LogP contribution in [0.5, 0.6) is 5.88 Å². The number of rotatable bonds is 3. The quantitative estimate of drug-likeness (QED) is 0.770. The van der Waals surface area contributed by atoms with E-state index < -0.39 is 18.4 Å². The van der Waals surface area contributed by atoms with Crippen molar-refractivity contribution >= 4 is 11.0 Å². The van der Waals surface area contributed by atoms with Crippen molar-refractivity contribution in [1.82, 2.24) is 19.7 Å². The standard InChI is InChI=1S/C11H14N4O4/c1-18-11-6-3-15(14-10(6)12-5-13-11)9-2-7(17)8(4-16)19-9/h3,5,7-9,16-17H,2,4H2,1H3/t7?,8-,9-/m1/s1. The van der Waals surface area contributed by atoms with Crippen LogP contribution in [0.3, 0.4) is 0 Å². The molecular weight excluding hydrogens is 252 g/mol. The minimum Gasteiger partial charge on any atom is -0.480 e. The second kappa shape index (κ2) is 4.72. The molecule has 1 aliphatic heterocycles. The van der Waals surface area contributed by atoms with E-state index in [-0.39, 0.29) is 6.61 Å². The first-order valence-electron chi connectivity index (χ1n) is 5.91. The van der Waals surface area contributed by atoms with E-state index in [4.69, 9.17) is 14.6 Å². The molecule has 8 heteroatoms. The summed E-state index contributed by atoms with van der Waals surface area (Å²) in [7, 11) is 1.52. The molecule has 2 aromatic heterocycles. The molecule has 0 aliphatic carbocycles. The Hall–Kier alpha value is -1.77. The monoisotopic (exact) mass is 266 g/mol. The fourth-order valence-electron chi connectivity index (χ4n) is 2.19. The lowest BCUT2D eigenvalue weighted by Crippen LogP contribution is -2.24. The predicted molar refractivity (Wildman–Crippen MR) is 63.5 cm³/mol. The van der Waals surface area contributed by atoms with Crippen molar-refractivity contribution in [1.29, 1.82) is 0 Å². The highest BCUT2D eigenvalue weighted by Crippen LogP contribution is 2.30. The lowest BCUT2D eigenvalue weighted by molar-refractivity contribution is -0.0482. The Kier molecular flexibility index (Phi) is 3.05. The van der Waals surface area contributed by atoms with Crippen molar-refractivity contribution in [3.63, 3.8) is 0 Å². The zero-order valence-corrected chi connectivity index (χ0v) is 10.3. The van der Waals surface area contributed by atoms with Gasteiger partial charge in [0.05, 0.1) is 19.8 Å². The van der Waals surface area contributed by atoms with E-state index in [2.05, 4.69) is 15.1 Å². The van der Waals surface area contributed by atoms with Crippen LogP contribution in [0.25, 0.3) is 11.0 Å². The molecular formula is C11H14N4O4. The molecule has 0 bridgehead atoms. The summed E-state index contributed by atoms with van der Waals surface area (Å²) < 4.78 is 12.2. The lowest BCUT2D eigenvalue weighted by Gasteiger charge is -2.11. The molecule has 0 saturated carbocycles. The van der Waals surface area contributed by atoms with Crippen molar-refractivity contribution in [2.75, 3.05) is 13.7 Å². The Morgan fingerprint density at radius 1 is 1.53 bits per heavy atom. The van der Waals surface area contributed by atoms with Crippen molar-refractivity contribution in [2.45, 2.75) is 24.9 Å². The van der Waals surface area contributed by atoms with Gasteiger partial charge in [-0.05, 0) is 0 Å². The minimum atomic E-state index is -0.699. The van der Waals surface area contributed by atoms with E-state index in [1.807, 2.05) is 0 Å². The number of ether oxygens (including phenoxy) is 2. The smallest absolute Gasteiger partial charge is 0.227 e. The van der Waals surface area contributed by atoms with Gasteiger partial charge in [-0.25, -0.2) is 14.6 Å². The molecule has 0 amide bonds. The number of aliphatic hydroxyl groups excluding tert-OH is 2. The maximum atomic E-state index is 9.72. The second-order valence-corrected chi connectivity index (χ2v) is 4.34. The number of fused-ring (bicyclic) bond motifs is 1. The molecule has 0 radical (unpaired) electrons. The number of hydrogen-bond acceptors (Lipinski definition) is 7. The summed E-state index contributed by atoms with van der Waals surface area (Å²) in [4.78, 5) is 8.04. The lowest BCUT2D eigenvalue weighted by atomic mass is 10.2. The molecule has 1 unspecified atom stereocenters. The van der Waals surface area contributed by atoms with Crippen LogP contribution >= 0.6 is 0 Å². The summed E-state index contributed by atoms with van der Waals surface area (Å²) in [5, 5.41) is 23.7. The average Bonchev–Trinajstić information content (AvgIpc) is 3.00. The van der Waals surface area contributed by atoms with Gasteiger partial charge in [-0.15, -0.1) is 5.10 Å². The first-order valence-corrected chi connectivity index (χ1v) is 5.91. The number of methoxy groups -OCH3 is 1. The molecule has 0 aromatic carbocycles. The largest absolute Gasteiger partial charge is 0.480 e. The Bertz CT molecular complexity index is 587. The van der Waals surface area contributed by atoms with Crippen molar-refractivity contribution < 1.29 is 19.7 Å². The molecule has 2 N–H and O–H groups in total. The van der Waals surface area contributed by atoms with E-state index in [0.717, 1.165) is 0 Å². The number of aliphatic hydroxyl groups is 2. The Balaban J connectivity index is 1.94. The predicted octanol–water partition coefficient (Wildman–Crippen LogP) is -0.524. The van der Waals surface area contributed by atoms with Gasteiger partial charge in [-0.2, -0.15) is 0 Å². The minimum absolute atomic E-state index is 0.221. The van der Waals surface area contributed by atoms with Gasteiger partial charge in [0.1, 0.15) is 17.8 Å². The fourth-order valence-corrected chi connectivity index (χ4v) is 2.19. The summed E-state index contributed by atoms with van der Waals surface area (Å²) in [6, 6.07) is 0. The van der Waals surface area contributed by atoms with Gasteiger partial charge in [0.25, 0.3) is 0 Å². The van der Waals surface area contributed by atoms with Crippen molar-refractivity contribution in [2.24, 2.45) is 0 Å². The van der Waals surface area contributed by atoms with Gasteiger partial charge in [0.2, 0.25) is 5.88 Å². The third-order valence-electron chi connectivity index (χ3n) is 3.17. The Labute approximate surface area is 108 Å². The highest BCUT2D eigenvalue weighted by Gasteiger charge is 2.35. The summed E-state index contributed by atoms with van der Waals surface area (Å²) in [5.74, 6) is 0.438. The normalized spacial score (nSPS) is 27.0. The maximum Gasteiger partial charge on any atom is 0.227 e. The van der Waals surface area contributed by atoms with Crippen LogP contribution in [0, 0.1) is 0 Å². The summed E-state index contributed by atoms with van der Waals surface area (Å²) in [5.41, 5.74) is 0.498. The van der Waals surface area contributed by atoms with Gasteiger partial charge in [-0.1, -0.05) is 0 Å². The van der Waals surface area contributed by atoms with Crippen molar-refractivity contribution in [3.05, 3.63) is 12.5 Å². The molecule has 2 aromatic rings. The molecule has 3 atom stereocenters. The zero-order chi connectivity index (χ0) is 13.4. The third kappa shape index (κ3) is 2.03. The summed E-state index contributed by atoms with van der Waals surface area (Å²) in [6.07, 6.45) is 1.76. The van der Waals surface area contributed by atoms with E-state index >= 15 is 0 Å². The topological polar surface area (TPSA) is 103 Å². The van der Waals surface area contributed by atoms with Crippen LogP contribution in [0.15, 0.2) is 12.5 Å². The van der Waals surface area contributed by atoms with E-state index in [1.165, 1.54) is 13.4 Å². The SMILES string of the molecule is COc1ncnc2nn([C@H]3CC(O)[C@@H](CO)O3)cc12. The zero-order valence-electron chi connectivity index (χ0n) is 10.3. The molecule has 1 aliphatic rings. The van der Waals surface area contributed by atoms with Crippen LogP contribution in [0.2, 0.25) is 0 Å². The van der Waals surface area contributed by atoms with Crippen molar-refractivity contribution in [3.8, 4) is 5.88 Å². The maximum absolute atomic E-state index is 9.72. The van der Waals surface area contributed by atoms with Crippen LogP contribution in [0.4, 0.5) is 0 Å². The van der Waals surface area contributed by atoms with Crippen LogP contribution in [-0.4, -0.2) is 55.9 Å². The van der Waals surface area contributed by atoms with Crippen LogP contribution in [0.1, 0.15) is 12.6 Å². The van der Waals surface area contributed by atoms with Crippen LogP contribution < -0.4 is 4.74 Å². The van der Waals surface area contributed by atoms with E-state index in [9.17, 15) is 5.11 Å². The number of aromatic nitrogens is 4. The second-order valence-electron chi connectivity index (χ2n) is 4.34. The van der Waals surface area contributed by atoms with Gasteiger partial charge in [0.15, 0.2) is 11.9 Å². The average molecular weight is 266 g/mol. The van der Waals surface area contributed by atoms with E-state index in [1.54, 1.807) is 10.9 Å².